The lowest BCUT2D eigenvalue weighted by atomic mass is 10.2. The second kappa shape index (κ2) is 9.79. The van der Waals surface area contributed by atoms with Gasteiger partial charge in [-0.25, -0.2) is 4.79 Å². The number of ether oxygens (including phenoxy) is 2. The Balaban J connectivity index is 2.16. The van der Waals surface area contributed by atoms with Crippen LogP contribution in [0.25, 0.3) is 0 Å². The molecule has 21 heavy (non-hydrogen) atoms. The zero-order chi connectivity index (χ0) is 15.5. The number of aliphatic hydroxyl groups excluding tert-OH is 1. The molecule has 1 atom stereocenters. The monoisotopic (exact) mass is 294 g/mol. The van der Waals surface area contributed by atoms with E-state index < -0.39 is 6.10 Å². The van der Waals surface area contributed by atoms with E-state index >= 15 is 0 Å². The number of hydrogen-bond acceptors (Lipinski definition) is 4. The van der Waals surface area contributed by atoms with Crippen LogP contribution >= 0.6 is 0 Å². The van der Waals surface area contributed by atoms with Crippen LogP contribution < -0.4 is 15.4 Å². The lowest BCUT2D eigenvalue weighted by molar-refractivity contribution is 0.0300. The molecule has 0 radical (unpaired) electrons. The Morgan fingerprint density at radius 2 is 2.10 bits per heavy atom. The summed E-state index contributed by atoms with van der Waals surface area (Å²) < 4.78 is 10.5. The van der Waals surface area contributed by atoms with Crippen LogP contribution in [0.5, 0.6) is 5.75 Å². The molecular formula is C15H22N2O4. The Kier molecular flexibility index (Phi) is 7.93. The van der Waals surface area contributed by atoms with Gasteiger partial charge in [0.1, 0.15) is 5.75 Å². The Hall–Kier alpha value is -2.05. The maximum Gasteiger partial charge on any atom is 0.315 e. The van der Waals surface area contributed by atoms with Gasteiger partial charge < -0.3 is 25.2 Å². The minimum atomic E-state index is -0.752. The summed E-state index contributed by atoms with van der Waals surface area (Å²) in [5.74, 6) is 0.786. The van der Waals surface area contributed by atoms with Crippen LogP contribution in [0, 0.1) is 0 Å². The molecule has 0 heterocycles. The summed E-state index contributed by atoms with van der Waals surface area (Å²) in [6, 6.07) is 7.14. The third kappa shape index (κ3) is 7.34. The van der Waals surface area contributed by atoms with Crippen LogP contribution in [-0.2, 0) is 11.3 Å². The molecule has 1 rings (SSSR count). The Morgan fingerprint density at radius 3 is 2.71 bits per heavy atom. The van der Waals surface area contributed by atoms with Gasteiger partial charge in [-0.05, 0) is 17.7 Å². The second-order valence-electron chi connectivity index (χ2n) is 4.40. The Labute approximate surface area is 124 Å². The number of benzene rings is 1. The molecule has 1 aromatic carbocycles. The summed E-state index contributed by atoms with van der Waals surface area (Å²) in [6.07, 6.45) is 0.825. The number of rotatable bonds is 9. The topological polar surface area (TPSA) is 79.8 Å². The zero-order valence-corrected chi connectivity index (χ0v) is 12.2. The van der Waals surface area contributed by atoms with Crippen LogP contribution in [0.15, 0.2) is 36.9 Å². The Bertz CT molecular complexity index is 434. The lowest BCUT2D eigenvalue weighted by Crippen LogP contribution is -2.40. The standard InChI is InChI=1S/C15H22N2O4/c1-3-8-16-15(19)17-9-13(18)11-21-10-12-4-6-14(20-2)7-5-12/h3-7,13,18H,1,8-11H2,2H3,(H2,16,17,19)/t13-/m0/s1. The number of carbonyl (C=O) groups is 1. The largest absolute Gasteiger partial charge is 0.497 e. The third-order valence-corrected chi connectivity index (χ3v) is 2.64. The number of amides is 2. The van der Waals surface area contributed by atoms with E-state index in [1.165, 1.54) is 0 Å². The van der Waals surface area contributed by atoms with Gasteiger partial charge in [-0.15, -0.1) is 6.58 Å². The summed E-state index contributed by atoms with van der Waals surface area (Å²) in [5, 5.41) is 14.8. The number of methoxy groups -OCH3 is 1. The molecule has 0 aliphatic carbocycles. The molecule has 0 spiro atoms. The van der Waals surface area contributed by atoms with Crippen LogP contribution in [0.4, 0.5) is 4.79 Å². The first kappa shape index (κ1) is 17.0. The molecule has 1 aromatic rings. The Morgan fingerprint density at radius 1 is 1.38 bits per heavy atom. The van der Waals surface area contributed by atoms with Crippen molar-refractivity contribution in [1.82, 2.24) is 10.6 Å². The number of hydrogen-bond donors (Lipinski definition) is 3. The highest BCUT2D eigenvalue weighted by molar-refractivity contribution is 5.73. The van der Waals surface area contributed by atoms with Crippen LogP contribution in [0.1, 0.15) is 5.56 Å². The van der Waals surface area contributed by atoms with E-state index in [4.69, 9.17) is 9.47 Å². The van der Waals surface area contributed by atoms with Crippen molar-refractivity contribution in [3.8, 4) is 5.75 Å². The molecular weight excluding hydrogens is 272 g/mol. The number of aliphatic hydroxyl groups is 1. The SMILES string of the molecule is C=CCNC(=O)NC[C@H](O)COCc1ccc(OC)cc1. The van der Waals surface area contributed by atoms with Crippen LogP contribution in [0.3, 0.4) is 0 Å². The molecule has 6 nitrogen and oxygen atoms in total. The van der Waals surface area contributed by atoms with Crippen molar-refractivity contribution in [2.45, 2.75) is 12.7 Å². The molecule has 116 valence electrons. The van der Waals surface area contributed by atoms with Crippen LogP contribution in [-0.4, -0.2) is 44.0 Å². The second-order valence-corrected chi connectivity index (χ2v) is 4.40. The summed E-state index contributed by atoms with van der Waals surface area (Å²) in [6.45, 7) is 4.54. The first-order chi connectivity index (χ1) is 10.2. The molecule has 0 unspecified atom stereocenters. The van der Waals surface area contributed by atoms with Crippen molar-refractivity contribution in [1.29, 1.82) is 0 Å². The highest BCUT2D eigenvalue weighted by atomic mass is 16.5. The normalized spacial score (nSPS) is 11.5. The number of nitrogens with one attached hydrogen (secondary N) is 2. The van der Waals surface area contributed by atoms with E-state index in [1.54, 1.807) is 13.2 Å². The van der Waals surface area contributed by atoms with Crippen molar-refractivity contribution in [3.05, 3.63) is 42.5 Å². The van der Waals surface area contributed by atoms with Gasteiger partial charge in [-0.3, -0.25) is 0 Å². The maximum absolute atomic E-state index is 11.2. The van der Waals surface area contributed by atoms with Crippen molar-refractivity contribution in [2.75, 3.05) is 26.8 Å². The van der Waals surface area contributed by atoms with E-state index in [0.717, 1.165) is 11.3 Å². The average molecular weight is 294 g/mol. The zero-order valence-electron chi connectivity index (χ0n) is 12.2. The van der Waals surface area contributed by atoms with Crippen molar-refractivity contribution in [2.24, 2.45) is 0 Å². The summed E-state index contributed by atoms with van der Waals surface area (Å²) in [7, 11) is 1.61. The van der Waals surface area contributed by atoms with E-state index in [9.17, 15) is 9.90 Å². The van der Waals surface area contributed by atoms with Gasteiger partial charge in [0.15, 0.2) is 0 Å². The van der Waals surface area contributed by atoms with Crippen molar-refractivity contribution >= 4 is 6.03 Å². The summed E-state index contributed by atoms with van der Waals surface area (Å²) in [4.78, 5) is 11.2. The van der Waals surface area contributed by atoms with Gasteiger partial charge in [-0.2, -0.15) is 0 Å². The van der Waals surface area contributed by atoms with Gasteiger partial charge in [0.05, 0.1) is 26.4 Å². The smallest absolute Gasteiger partial charge is 0.315 e. The molecule has 0 saturated heterocycles. The highest BCUT2D eigenvalue weighted by Gasteiger charge is 2.06. The van der Waals surface area contributed by atoms with Gasteiger partial charge in [0, 0.05) is 13.1 Å². The average Bonchev–Trinajstić information content (AvgIpc) is 2.51. The molecule has 0 aliphatic heterocycles. The van der Waals surface area contributed by atoms with E-state index in [0.29, 0.717) is 13.2 Å². The highest BCUT2D eigenvalue weighted by Crippen LogP contribution is 2.11. The fourth-order valence-corrected chi connectivity index (χ4v) is 1.53. The molecule has 6 heteroatoms. The fourth-order valence-electron chi connectivity index (χ4n) is 1.53. The predicted octanol–water partition coefficient (Wildman–Crippen LogP) is 1.06. The van der Waals surface area contributed by atoms with Gasteiger partial charge in [0.2, 0.25) is 0 Å². The summed E-state index contributed by atoms with van der Waals surface area (Å²) in [5.41, 5.74) is 0.986. The molecule has 0 saturated carbocycles. The third-order valence-electron chi connectivity index (χ3n) is 2.64. The first-order valence-electron chi connectivity index (χ1n) is 6.67. The van der Waals surface area contributed by atoms with E-state index in [1.807, 2.05) is 24.3 Å². The van der Waals surface area contributed by atoms with Gasteiger partial charge in [0.25, 0.3) is 0 Å². The van der Waals surface area contributed by atoms with E-state index in [2.05, 4.69) is 17.2 Å². The number of urea groups is 1. The lowest BCUT2D eigenvalue weighted by Gasteiger charge is -2.13. The van der Waals surface area contributed by atoms with Gasteiger partial charge in [-0.1, -0.05) is 18.2 Å². The maximum atomic E-state index is 11.2. The quantitative estimate of drug-likeness (QED) is 0.595. The number of carbonyl (C=O) groups excluding carboxylic acids is 1. The molecule has 0 aliphatic rings. The molecule has 2 amide bonds. The first-order valence-corrected chi connectivity index (χ1v) is 6.67. The molecule has 0 fully saturated rings. The molecule has 3 N–H and O–H groups in total. The van der Waals surface area contributed by atoms with Crippen molar-refractivity contribution in [3.63, 3.8) is 0 Å². The summed E-state index contributed by atoms with van der Waals surface area (Å²) >= 11 is 0. The van der Waals surface area contributed by atoms with Crippen molar-refractivity contribution < 1.29 is 19.4 Å². The van der Waals surface area contributed by atoms with Gasteiger partial charge >= 0.3 is 6.03 Å². The predicted molar refractivity (Wildman–Crippen MR) is 80.3 cm³/mol. The molecule has 0 bridgehead atoms. The fraction of sp³-hybridized carbons (Fsp3) is 0.400. The van der Waals surface area contributed by atoms with E-state index in [-0.39, 0.29) is 19.2 Å². The minimum absolute atomic E-state index is 0.131. The van der Waals surface area contributed by atoms with Crippen LogP contribution in [0.2, 0.25) is 0 Å². The minimum Gasteiger partial charge on any atom is -0.497 e. The molecule has 0 aromatic heterocycles.